The molecule has 2 aromatic rings. The molecule has 4 unspecified atom stereocenters. The van der Waals surface area contributed by atoms with Crippen LogP contribution in [0.5, 0.6) is 0 Å². The van der Waals surface area contributed by atoms with E-state index in [0.29, 0.717) is 29.0 Å². The fourth-order valence-electron chi connectivity index (χ4n) is 4.44. The van der Waals surface area contributed by atoms with E-state index in [2.05, 4.69) is 33.3 Å². The third kappa shape index (κ3) is 7.70. The molecule has 39 heavy (non-hydrogen) atoms. The second kappa shape index (κ2) is 13.3. The first kappa shape index (κ1) is 31.8. The lowest BCUT2D eigenvalue weighted by molar-refractivity contribution is -0.185. The number of morpholine rings is 1. The molecular formula is C30H41Cl2NO5S. The average Bonchev–Trinajstić information content (AvgIpc) is 2.87. The van der Waals surface area contributed by atoms with Gasteiger partial charge in [0.25, 0.3) is 5.91 Å². The van der Waals surface area contributed by atoms with Crippen LogP contribution in [0.4, 0.5) is 0 Å². The average molecular weight is 599 g/mol. The van der Waals surface area contributed by atoms with Gasteiger partial charge in [0.1, 0.15) is 12.2 Å². The van der Waals surface area contributed by atoms with Crippen molar-refractivity contribution in [3.05, 3.63) is 69.7 Å². The topological polar surface area (TPSA) is 65.1 Å². The van der Waals surface area contributed by atoms with Crippen LogP contribution >= 0.6 is 33.2 Å². The number of rotatable bonds is 10. The first-order valence-corrected chi connectivity index (χ1v) is 16.5. The van der Waals surface area contributed by atoms with E-state index in [9.17, 15) is 9.59 Å². The molecule has 0 bridgehead atoms. The lowest BCUT2D eigenvalue weighted by Gasteiger charge is -2.48. The summed E-state index contributed by atoms with van der Waals surface area (Å²) in [6, 6.07) is 14.1. The van der Waals surface area contributed by atoms with Gasteiger partial charge in [-0.1, -0.05) is 75.2 Å². The van der Waals surface area contributed by atoms with Gasteiger partial charge in [0.05, 0.1) is 38.2 Å². The van der Waals surface area contributed by atoms with Gasteiger partial charge in [-0.3, -0.25) is 9.59 Å². The summed E-state index contributed by atoms with van der Waals surface area (Å²) in [4.78, 5) is 28.2. The summed E-state index contributed by atoms with van der Waals surface area (Å²) in [5.41, 5.74) is 1.68. The second-order valence-corrected chi connectivity index (χ2v) is 16.7. The standard InChI is InChI=1S/C30H41Cl2NO5S/c1-8-24(18-37-19-39(6,7)30(2,3)4)33-27(20-12-14-22(31)15-13-20)28(21-10-9-11-23(32)16-21)38-25(29(33)35)17-26(34)36-5/h9-16,24-25,27-28H,8,17-19H2,1-7H3. The minimum absolute atomic E-state index is 0.124. The van der Waals surface area contributed by atoms with Crippen molar-refractivity contribution in [2.45, 2.75) is 69.6 Å². The van der Waals surface area contributed by atoms with Crippen molar-refractivity contribution in [2.75, 3.05) is 32.2 Å². The van der Waals surface area contributed by atoms with Crippen LogP contribution in [0.3, 0.4) is 0 Å². The zero-order chi connectivity index (χ0) is 29.0. The van der Waals surface area contributed by atoms with Crippen molar-refractivity contribution in [3.63, 3.8) is 0 Å². The van der Waals surface area contributed by atoms with Crippen LogP contribution in [0.2, 0.25) is 10.0 Å². The second-order valence-electron chi connectivity index (χ2n) is 11.3. The molecule has 1 saturated heterocycles. The predicted molar refractivity (Wildman–Crippen MR) is 161 cm³/mol. The van der Waals surface area contributed by atoms with Gasteiger partial charge in [0.2, 0.25) is 0 Å². The number of ether oxygens (including phenoxy) is 3. The number of hydrogen-bond acceptors (Lipinski definition) is 5. The summed E-state index contributed by atoms with van der Waals surface area (Å²) < 4.78 is 17.8. The number of amides is 1. The first-order valence-electron chi connectivity index (χ1n) is 13.1. The molecule has 1 aliphatic heterocycles. The van der Waals surface area contributed by atoms with Crippen molar-refractivity contribution in [2.24, 2.45) is 0 Å². The molecule has 0 aromatic heterocycles. The Kier molecular flexibility index (Phi) is 10.8. The van der Waals surface area contributed by atoms with Gasteiger partial charge >= 0.3 is 5.97 Å². The minimum Gasteiger partial charge on any atom is -0.469 e. The molecule has 1 amide bonds. The van der Waals surface area contributed by atoms with Crippen molar-refractivity contribution < 1.29 is 23.8 Å². The summed E-state index contributed by atoms with van der Waals surface area (Å²) in [6.45, 7) is 9.11. The van der Waals surface area contributed by atoms with E-state index in [-0.39, 0.29) is 23.1 Å². The molecule has 6 nitrogen and oxygen atoms in total. The Morgan fingerprint density at radius 1 is 1.08 bits per heavy atom. The van der Waals surface area contributed by atoms with Gasteiger partial charge in [0.15, 0.2) is 0 Å². The van der Waals surface area contributed by atoms with Gasteiger partial charge in [-0.25, -0.2) is 10.0 Å². The molecule has 216 valence electrons. The molecule has 3 rings (SSSR count). The van der Waals surface area contributed by atoms with Crippen LogP contribution in [-0.4, -0.2) is 65.8 Å². The Hall–Kier alpha value is -1.77. The maximum atomic E-state index is 14.1. The molecule has 1 fully saturated rings. The van der Waals surface area contributed by atoms with Crippen molar-refractivity contribution in [1.29, 1.82) is 0 Å². The molecule has 0 radical (unpaired) electrons. The van der Waals surface area contributed by atoms with E-state index in [4.69, 9.17) is 37.4 Å². The number of carbonyl (C=O) groups excluding carboxylic acids is 2. The van der Waals surface area contributed by atoms with E-state index in [0.717, 1.165) is 11.1 Å². The normalized spacial score (nSPS) is 21.5. The fourth-order valence-corrected chi connectivity index (χ4v) is 5.63. The van der Waals surface area contributed by atoms with E-state index >= 15 is 0 Å². The Morgan fingerprint density at radius 3 is 2.31 bits per heavy atom. The largest absolute Gasteiger partial charge is 0.469 e. The minimum atomic E-state index is -1.05. The summed E-state index contributed by atoms with van der Waals surface area (Å²) in [5.74, 6) is -0.153. The number of carbonyl (C=O) groups is 2. The van der Waals surface area contributed by atoms with Crippen LogP contribution < -0.4 is 0 Å². The number of esters is 1. The third-order valence-electron chi connectivity index (χ3n) is 7.61. The van der Waals surface area contributed by atoms with Gasteiger partial charge in [-0.15, -0.1) is 0 Å². The maximum Gasteiger partial charge on any atom is 0.308 e. The molecule has 0 spiro atoms. The maximum absolute atomic E-state index is 14.1. The number of nitrogens with zero attached hydrogens (tertiary/aromatic N) is 1. The van der Waals surface area contributed by atoms with Crippen LogP contribution in [0.25, 0.3) is 0 Å². The van der Waals surface area contributed by atoms with E-state index in [1.165, 1.54) is 7.11 Å². The highest BCUT2D eigenvalue weighted by Gasteiger charge is 2.47. The predicted octanol–water partition coefficient (Wildman–Crippen LogP) is 7.18. The van der Waals surface area contributed by atoms with Gasteiger partial charge < -0.3 is 19.1 Å². The molecule has 0 aliphatic carbocycles. The van der Waals surface area contributed by atoms with Gasteiger partial charge in [0, 0.05) is 10.0 Å². The summed E-state index contributed by atoms with van der Waals surface area (Å²) >= 11 is 12.6. The fraction of sp³-hybridized carbons (Fsp3) is 0.533. The van der Waals surface area contributed by atoms with Crippen molar-refractivity contribution in [3.8, 4) is 0 Å². The van der Waals surface area contributed by atoms with Crippen LogP contribution in [0.15, 0.2) is 48.5 Å². The zero-order valence-corrected chi connectivity index (χ0v) is 26.2. The highest BCUT2D eigenvalue weighted by molar-refractivity contribution is 8.33. The van der Waals surface area contributed by atoms with Crippen LogP contribution in [-0.2, 0) is 23.8 Å². The summed E-state index contributed by atoms with van der Waals surface area (Å²) in [6.07, 6.45) is 3.43. The van der Waals surface area contributed by atoms with Gasteiger partial charge in [-0.05, 0) is 59.1 Å². The molecule has 2 aromatic carbocycles. The Bertz CT molecular complexity index is 1130. The van der Waals surface area contributed by atoms with E-state index < -0.39 is 34.2 Å². The summed E-state index contributed by atoms with van der Waals surface area (Å²) in [5, 5.41) is 1.15. The van der Waals surface area contributed by atoms with Crippen molar-refractivity contribution >= 4 is 45.1 Å². The Morgan fingerprint density at radius 2 is 1.74 bits per heavy atom. The first-order chi connectivity index (χ1) is 18.3. The molecule has 1 aliphatic rings. The number of methoxy groups -OCH3 is 1. The van der Waals surface area contributed by atoms with Crippen LogP contribution in [0, 0.1) is 0 Å². The van der Waals surface area contributed by atoms with Gasteiger partial charge in [-0.2, -0.15) is 0 Å². The third-order valence-corrected chi connectivity index (χ3v) is 12.2. The summed E-state index contributed by atoms with van der Waals surface area (Å²) in [7, 11) is 0.260. The molecule has 0 N–H and O–H groups in total. The van der Waals surface area contributed by atoms with E-state index in [1.807, 2.05) is 54.3 Å². The zero-order valence-electron chi connectivity index (χ0n) is 23.9. The van der Waals surface area contributed by atoms with E-state index in [1.54, 1.807) is 6.07 Å². The molecule has 9 heteroatoms. The highest BCUT2D eigenvalue weighted by Crippen LogP contribution is 2.52. The number of halogens is 2. The Labute approximate surface area is 244 Å². The lowest BCUT2D eigenvalue weighted by Crippen LogP contribution is -2.56. The number of benzene rings is 2. The molecule has 0 saturated carbocycles. The molecular weight excluding hydrogens is 557 g/mol. The quantitative estimate of drug-likeness (QED) is 0.271. The highest BCUT2D eigenvalue weighted by atomic mass is 35.5. The van der Waals surface area contributed by atoms with Crippen LogP contribution in [0.1, 0.15) is 63.8 Å². The SMILES string of the molecule is CCC(COCS(C)(C)C(C)(C)C)N1C(=O)C(CC(=O)OC)OC(c2cccc(Cl)c2)C1c1ccc(Cl)cc1. The Balaban J connectivity index is 2.06. The smallest absolute Gasteiger partial charge is 0.308 e. The molecule has 4 atom stereocenters. The lowest BCUT2D eigenvalue weighted by atomic mass is 9.89. The number of hydrogen-bond donors (Lipinski definition) is 0. The monoisotopic (exact) mass is 597 g/mol. The van der Waals surface area contributed by atoms with Crippen molar-refractivity contribution in [1.82, 2.24) is 4.90 Å². The molecule has 1 heterocycles.